The molecule has 0 amide bonds. The minimum Gasteiger partial charge on any atom is -0.310 e. The van der Waals surface area contributed by atoms with E-state index in [1.165, 1.54) is 213 Å². The molecule has 21 aromatic carbocycles. The smallest absolute Gasteiger partial charge is 0.124 e. The summed E-state index contributed by atoms with van der Waals surface area (Å²) < 4.78 is 6.25. The quantitative estimate of drug-likeness (QED) is 0.135. The lowest BCUT2D eigenvalue weighted by Crippen LogP contribution is -2.16. The van der Waals surface area contributed by atoms with E-state index in [0.717, 1.165) is 44.5 Å². The summed E-state index contributed by atoms with van der Waals surface area (Å²) in [6.07, 6.45) is 0. The van der Waals surface area contributed by atoms with Crippen molar-refractivity contribution in [2.45, 2.75) is 57.8 Å². The molecule has 608 valence electrons. The average Bonchev–Trinajstić information content (AvgIpc) is 1.57. The molecule has 0 saturated heterocycles. The Labute approximate surface area is 752 Å². The molecule has 0 N–H and O–H groups in total. The Morgan fingerprint density at radius 1 is 0.217 bits per heavy atom. The topological polar surface area (TPSA) is 26.0 Å². The van der Waals surface area contributed by atoms with E-state index in [-0.39, 0.29) is 16.2 Å². The van der Waals surface area contributed by atoms with Crippen molar-refractivity contribution in [3.8, 4) is 88.7 Å². The lowest BCUT2D eigenvalue weighted by Gasteiger charge is -2.28. The van der Waals surface area contributed by atoms with Gasteiger partial charge in [-0.05, 0) is 263 Å². The normalized spacial score (nSPS) is 13.7. The van der Waals surface area contributed by atoms with E-state index in [0.29, 0.717) is 0 Å². The summed E-state index contributed by atoms with van der Waals surface area (Å²) in [7, 11) is 0. The number of aromatic nitrogens is 3. The zero-order valence-corrected chi connectivity index (χ0v) is 73.3. The highest BCUT2D eigenvalue weighted by Gasteiger charge is 2.40. The molecule has 27 rings (SSSR count). The van der Waals surface area contributed by atoms with Gasteiger partial charge in [-0.2, -0.15) is 0 Å². The molecule has 0 bridgehead atoms. The first-order chi connectivity index (χ1) is 63.2. The molecule has 0 aliphatic heterocycles. The number of para-hydroxylation sites is 1. The molecule has 24 aromatic rings. The van der Waals surface area contributed by atoms with Gasteiger partial charge >= 0.3 is 0 Å². The van der Waals surface area contributed by atoms with Gasteiger partial charge in [0.2, 0.25) is 0 Å². The lowest BCUT2D eigenvalue weighted by molar-refractivity contribution is 0.660. The van der Waals surface area contributed by atoms with Gasteiger partial charge in [-0.15, -0.1) is 11.3 Å². The summed E-state index contributed by atoms with van der Waals surface area (Å²) in [6.45, 7) is 14.2. The van der Waals surface area contributed by atoms with E-state index in [1.807, 2.05) is 0 Å². The number of benzene rings is 21. The van der Waals surface area contributed by atoms with Crippen molar-refractivity contribution in [2.75, 3.05) is 4.90 Å². The van der Waals surface area contributed by atoms with Gasteiger partial charge in [0.15, 0.2) is 0 Å². The molecule has 3 aromatic heterocycles. The summed E-state index contributed by atoms with van der Waals surface area (Å²) in [4.78, 5) is 7.30. The highest BCUT2D eigenvalue weighted by atomic mass is 32.1. The van der Waals surface area contributed by atoms with Gasteiger partial charge < -0.3 is 14.0 Å². The second-order valence-electron chi connectivity index (χ2n) is 37.1. The molecule has 0 spiro atoms. The number of anilines is 3. The van der Waals surface area contributed by atoms with Crippen LogP contribution in [0.4, 0.5) is 17.1 Å². The molecule has 4 nitrogen and oxygen atoms in total. The molecule has 3 heterocycles. The largest absolute Gasteiger partial charge is 0.310 e. The summed E-state index contributed by atoms with van der Waals surface area (Å²) in [5.41, 5.74) is 35.9. The Hall–Kier alpha value is -15.5. The summed E-state index contributed by atoms with van der Waals surface area (Å²) in [5.74, 6) is 0. The molecular weight excluding hydrogens is 1580 g/mol. The van der Waals surface area contributed by atoms with E-state index in [4.69, 9.17) is 4.98 Å². The van der Waals surface area contributed by atoms with Gasteiger partial charge in [-0.1, -0.05) is 345 Å². The number of nitrogens with zero attached hydrogens (tertiary/aromatic N) is 4. The lowest BCUT2D eigenvalue weighted by atomic mass is 9.82. The second kappa shape index (κ2) is 28.2. The van der Waals surface area contributed by atoms with Gasteiger partial charge in [0.05, 0.1) is 32.3 Å². The van der Waals surface area contributed by atoms with Crippen LogP contribution in [0.2, 0.25) is 0 Å². The summed E-state index contributed by atoms with van der Waals surface area (Å²) in [6, 6.07) is 154. The van der Waals surface area contributed by atoms with Crippen LogP contribution in [0.3, 0.4) is 0 Å². The molecule has 0 radical (unpaired) electrons. The third kappa shape index (κ3) is 11.2. The monoisotopic (exact) mass is 1660 g/mol. The van der Waals surface area contributed by atoms with Crippen molar-refractivity contribution in [1.82, 2.24) is 14.1 Å². The maximum absolute atomic E-state index is 4.88. The van der Waals surface area contributed by atoms with Crippen LogP contribution in [0.15, 0.2) is 413 Å². The zero-order valence-electron chi connectivity index (χ0n) is 72.5. The van der Waals surface area contributed by atoms with Gasteiger partial charge in [0, 0.05) is 82.6 Å². The van der Waals surface area contributed by atoms with Crippen LogP contribution >= 0.6 is 11.3 Å². The Morgan fingerprint density at radius 3 is 0.969 bits per heavy atom. The predicted molar refractivity (Wildman–Crippen MR) is 549 cm³/mol. The van der Waals surface area contributed by atoms with Crippen LogP contribution < -0.4 is 4.90 Å². The van der Waals surface area contributed by atoms with Crippen molar-refractivity contribution < 1.29 is 0 Å². The molecule has 129 heavy (non-hydrogen) atoms. The Kier molecular flexibility index (Phi) is 16.4. The van der Waals surface area contributed by atoms with Crippen LogP contribution in [0.5, 0.6) is 0 Å². The summed E-state index contributed by atoms with van der Waals surface area (Å²) in [5, 5.41) is 21.8. The van der Waals surface area contributed by atoms with Crippen molar-refractivity contribution in [3.05, 3.63) is 446 Å². The van der Waals surface area contributed by atoms with Crippen LogP contribution in [-0.2, 0) is 16.2 Å². The standard InChI is InChI=1S/C72H52N2.C52H34N2S/c1-71(2)63-24-14-12-21-56(63)58-39-38-52(42-65(58)71)73(49-32-26-46(27-33-49)45-16-6-5-7-17-45)50-34-28-47(29-35-50)48-30-36-51(37-31-48)74-67-41-40-60-55-20-9-8-18-53(55)54-19-10-11-23-59(54)69(60)70(67)62-43-61-57-22-13-15-25-64(57)72(3,4)66(61)44-68(62)74;1-52(2)43-16-8-7-14-38(43)41-29-42-47(30-44(41)52)54(46-28-27-40-37-13-4-3-11-35(37)36-12-5-6-15-39(36)49(40)50(42)46)34-25-23-32(24-26-34)31-19-21-33(22-20-31)51-53-45-17-9-10-18-48(45)55-51/h5-44H,1-4H3;3-30H,1-2H3. The van der Waals surface area contributed by atoms with Crippen molar-refractivity contribution in [2.24, 2.45) is 0 Å². The number of thiazole rings is 1. The first-order valence-corrected chi connectivity index (χ1v) is 45.9. The maximum atomic E-state index is 4.88. The van der Waals surface area contributed by atoms with Crippen LogP contribution in [0, 0.1) is 0 Å². The van der Waals surface area contributed by atoms with Gasteiger partial charge in [0.1, 0.15) is 5.01 Å². The number of rotatable bonds is 9. The highest BCUT2D eigenvalue weighted by Crippen LogP contribution is 2.57. The highest BCUT2D eigenvalue weighted by molar-refractivity contribution is 7.21. The molecule has 3 aliphatic rings. The minimum absolute atomic E-state index is 0.103. The van der Waals surface area contributed by atoms with E-state index >= 15 is 0 Å². The van der Waals surface area contributed by atoms with Crippen LogP contribution in [0.25, 0.3) is 207 Å². The third-order valence-corrected chi connectivity index (χ3v) is 30.3. The average molecular weight is 1660 g/mol. The number of fused-ring (bicyclic) bond motifs is 30. The molecular formula is C124H86N4S. The Bertz CT molecular complexity index is 8740. The van der Waals surface area contributed by atoms with Crippen LogP contribution in [-0.4, -0.2) is 14.1 Å². The maximum Gasteiger partial charge on any atom is 0.124 e. The fraction of sp³-hybridized carbons (Fsp3) is 0.0726. The first kappa shape index (κ1) is 74.9. The van der Waals surface area contributed by atoms with Crippen molar-refractivity contribution >= 4 is 147 Å². The van der Waals surface area contributed by atoms with E-state index in [9.17, 15) is 0 Å². The van der Waals surface area contributed by atoms with Crippen molar-refractivity contribution in [1.29, 1.82) is 0 Å². The fourth-order valence-corrected chi connectivity index (χ4v) is 23.8. The second-order valence-corrected chi connectivity index (χ2v) is 38.2. The van der Waals surface area contributed by atoms with Gasteiger partial charge in [0.25, 0.3) is 0 Å². The fourth-order valence-electron chi connectivity index (χ4n) is 22.9. The molecule has 0 fully saturated rings. The molecule has 0 unspecified atom stereocenters. The third-order valence-electron chi connectivity index (χ3n) is 29.2. The Balaban J connectivity index is 0.000000142. The summed E-state index contributed by atoms with van der Waals surface area (Å²) >= 11 is 1.75. The first-order valence-electron chi connectivity index (χ1n) is 45.1. The number of hydrogen-bond donors (Lipinski definition) is 0. The number of hydrogen-bond acceptors (Lipinski definition) is 3. The molecule has 3 aliphatic carbocycles. The molecule has 5 heteroatoms. The molecule has 0 saturated carbocycles. The van der Waals surface area contributed by atoms with Gasteiger partial charge in [-0.3, -0.25) is 0 Å². The molecule has 0 atom stereocenters. The Morgan fingerprint density at radius 2 is 0.535 bits per heavy atom. The van der Waals surface area contributed by atoms with E-state index in [1.54, 1.807) is 11.3 Å². The van der Waals surface area contributed by atoms with E-state index < -0.39 is 0 Å². The van der Waals surface area contributed by atoms with Crippen molar-refractivity contribution in [3.63, 3.8) is 0 Å². The van der Waals surface area contributed by atoms with E-state index in [2.05, 4.69) is 468 Å². The van der Waals surface area contributed by atoms with Crippen LogP contribution in [0.1, 0.15) is 74.9 Å². The SMILES string of the molecule is CC1(C)c2ccccc2-c2cc3c4c5c6ccccc6c6ccccc6c5ccc4n(-c4ccc(-c5ccc(-c6nc7ccccc7s6)cc5)cc4)c3cc21.CC1(C)c2ccccc2-c2ccc(N(c3ccc(-c4ccccc4)cc3)c3ccc(-c4ccc(-n5c6cc7c(cc6c6c8c9ccccc9c9ccccc9c8ccc65)-c5ccccc5C7(C)C)cc4)cc3)cc21. The predicted octanol–water partition coefficient (Wildman–Crippen LogP) is 34.2. The minimum atomic E-state index is -0.132. The van der Waals surface area contributed by atoms with Gasteiger partial charge in [-0.25, -0.2) is 4.98 Å². The zero-order chi connectivity index (χ0) is 85.9.